The van der Waals surface area contributed by atoms with Crippen LogP contribution in [0.15, 0.2) is 53.0 Å². The van der Waals surface area contributed by atoms with Crippen molar-refractivity contribution in [1.82, 2.24) is 10.6 Å². The lowest BCUT2D eigenvalue weighted by molar-refractivity contribution is 0.0927. The van der Waals surface area contributed by atoms with Gasteiger partial charge in [-0.2, -0.15) is 0 Å². The largest absolute Gasteiger partial charge is 0.497 e. The van der Waals surface area contributed by atoms with E-state index in [0.29, 0.717) is 30.0 Å². The molecule has 0 aliphatic heterocycles. The van der Waals surface area contributed by atoms with Gasteiger partial charge >= 0.3 is 0 Å². The second-order valence-corrected chi connectivity index (χ2v) is 5.67. The molecule has 0 aromatic heterocycles. The molecule has 0 bridgehead atoms. The van der Waals surface area contributed by atoms with Crippen LogP contribution in [0.1, 0.15) is 20.7 Å². The summed E-state index contributed by atoms with van der Waals surface area (Å²) in [5.41, 5.74) is 1.09. The molecule has 0 saturated carbocycles. The smallest absolute Gasteiger partial charge is 0.251 e. The average molecular weight is 377 g/mol. The third-order valence-corrected chi connectivity index (χ3v) is 3.66. The summed E-state index contributed by atoms with van der Waals surface area (Å²) in [5.74, 6) is 0.246. The van der Waals surface area contributed by atoms with Gasteiger partial charge in [0, 0.05) is 28.7 Å². The Bertz CT molecular complexity index is 686. The van der Waals surface area contributed by atoms with E-state index in [0.717, 1.165) is 4.47 Å². The molecule has 0 fully saturated rings. The minimum atomic E-state index is -0.207. The number of rotatable bonds is 6. The summed E-state index contributed by atoms with van der Waals surface area (Å²) in [6, 6.07) is 14.0. The molecule has 0 spiro atoms. The third-order valence-electron chi connectivity index (χ3n) is 3.13. The summed E-state index contributed by atoms with van der Waals surface area (Å²) in [5, 5.41) is 5.50. The maximum Gasteiger partial charge on any atom is 0.251 e. The standard InChI is InChI=1S/C17H17BrN2O3/c1-23-15-4-2-3-13(11-15)17(22)20-10-9-19-16(21)12-5-7-14(18)8-6-12/h2-8,11H,9-10H2,1H3,(H,19,21)(H,20,22). The van der Waals surface area contributed by atoms with Gasteiger partial charge in [0.25, 0.3) is 11.8 Å². The van der Waals surface area contributed by atoms with Crippen LogP contribution in [-0.2, 0) is 0 Å². The lowest BCUT2D eigenvalue weighted by atomic mass is 10.2. The number of carbonyl (C=O) groups excluding carboxylic acids is 2. The van der Waals surface area contributed by atoms with Crippen molar-refractivity contribution in [2.75, 3.05) is 20.2 Å². The van der Waals surface area contributed by atoms with Crippen LogP contribution in [0.2, 0.25) is 0 Å². The Morgan fingerprint density at radius 1 is 0.957 bits per heavy atom. The monoisotopic (exact) mass is 376 g/mol. The van der Waals surface area contributed by atoms with Gasteiger partial charge in [-0.3, -0.25) is 9.59 Å². The lowest BCUT2D eigenvalue weighted by Crippen LogP contribution is -2.34. The van der Waals surface area contributed by atoms with Crippen molar-refractivity contribution >= 4 is 27.7 Å². The topological polar surface area (TPSA) is 67.4 Å². The zero-order valence-corrected chi connectivity index (χ0v) is 14.2. The van der Waals surface area contributed by atoms with Gasteiger partial charge in [0.1, 0.15) is 5.75 Å². The van der Waals surface area contributed by atoms with Crippen LogP contribution >= 0.6 is 15.9 Å². The summed E-state index contributed by atoms with van der Waals surface area (Å²) in [6.07, 6.45) is 0. The summed E-state index contributed by atoms with van der Waals surface area (Å²) < 4.78 is 6.00. The Balaban J connectivity index is 1.77. The van der Waals surface area contributed by atoms with Crippen molar-refractivity contribution in [3.05, 3.63) is 64.1 Å². The van der Waals surface area contributed by atoms with Crippen LogP contribution in [0.25, 0.3) is 0 Å². The van der Waals surface area contributed by atoms with Crippen molar-refractivity contribution in [2.24, 2.45) is 0 Å². The summed E-state index contributed by atoms with van der Waals surface area (Å²) >= 11 is 3.32. The predicted molar refractivity (Wildman–Crippen MR) is 91.8 cm³/mol. The quantitative estimate of drug-likeness (QED) is 0.761. The number of hydrogen-bond acceptors (Lipinski definition) is 3. The zero-order chi connectivity index (χ0) is 16.7. The highest BCUT2D eigenvalue weighted by Crippen LogP contribution is 2.12. The van der Waals surface area contributed by atoms with Crippen molar-refractivity contribution in [2.45, 2.75) is 0 Å². The molecule has 23 heavy (non-hydrogen) atoms. The first-order valence-corrected chi connectivity index (χ1v) is 7.85. The SMILES string of the molecule is COc1cccc(C(=O)NCCNC(=O)c2ccc(Br)cc2)c1. The maximum atomic E-state index is 12.0. The van der Waals surface area contributed by atoms with E-state index >= 15 is 0 Å². The van der Waals surface area contributed by atoms with E-state index in [2.05, 4.69) is 26.6 Å². The van der Waals surface area contributed by atoms with Gasteiger partial charge in [0.15, 0.2) is 0 Å². The molecular weight excluding hydrogens is 360 g/mol. The van der Waals surface area contributed by atoms with Crippen molar-refractivity contribution in [1.29, 1.82) is 0 Å². The first-order valence-electron chi connectivity index (χ1n) is 7.06. The van der Waals surface area contributed by atoms with Gasteiger partial charge in [-0.25, -0.2) is 0 Å². The first kappa shape index (κ1) is 17.0. The molecule has 5 nitrogen and oxygen atoms in total. The van der Waals surface area contributed by atoms with Crippen LogP contribution in [0.5, 0.6) is 5.75 Å². The molecule has 0 heterocycles. The molecule has 0 radical (unpaired) electrons. The normalized spacial score (nSPS) is 10.0. The fourth-order valence-corrected chi connectivity index (χ4v) is 2.19. The van der Waals surface area contributed by atoms with Crippen molar-refractivity contribution in [3.8, 4) is 5.75 Å². The highest BCUT2D eigenvalue weighted by molar-refractivity contribution is 9.10. The van der Waals surface area contributed by atoms with Crippen molar-refractivity contribution in [3.63, 3.8) is 0 Å². The van der Waals surface area contributed by atoms with E-state index in [4.69, 9.17) is 4.74 Å². The Morgan fingerprint density at radius 2 is 1.57 bits per heavy atom. The fraction of sp³-hybridized carbons (Fsp3) is 0.176. The molecule has 2 rings (SSSR count). The Kier molecular flexibility index (Phi) is 6.17. The third kappa shape index (κ3) is 5.10. The summed E-state index contributed by atoms with van der Waals surface area (Å²) in [6.45, 7) is 0.697. The van der Waals surface area contributed by atoms with E-state index in [-0.39, 0.29) is 11.8 Å². The number of hydrogen-bond donors (Lipinski definition) is 2. The molecule has 6 heteroatoms. The van der Waals surface area contributed by atoms with Crippen LogP contribution in [-0.4, -0.2) is 32.0 Å². The van der Waals surface area contributed by atoms with Gasteiger partial charge in [-0.15, -0.1) is 0 Å². The van der Waals surface area contributed by atoms with E-state index in [1.54, 1.807) is 55.6 Å². The maximum absolute atomic E-state index is 12.0. The second-order valence-electron chi connectivity index (χ2n) is 4.75. The Hall–Kier alpha value is -2.34. The van der Waals surface area contributed by atoms with E-state index in [9.17, 15) is 9.59 Å². The molecule has 0 atom stereocenters. The van der Waals surface area contributed by atoms with Gasteiger partial charge in [0.05, 0.1) is 7.11 Å². The minimum Gasteiger partial charge on any atom is -0.497 e. The molecule has 2 amide bonds. The lowest BCUT2D eigenvalue weighted by Gasteiger charge is -2.08. The highest BCUT2D eigenvalue weighted by atomic mass is 79.9. The molecule has 2 N–H and O–H groups in total. The number of carbonyl (C=O) groups is 2. The fourth-order valence-electron chi connectivity index (χ4n) is 1.92. The van der Waals surface area contributed by atoms with Gasteiger partial charge in [0.2, 0.25) is 0 Å². The number of benzene rings is 2. The molecule has 120 valence electrons. The summed E-state index contributed by atoms with van der Waals surface area (Å²) in [7, 11) is 1.55. The minimum absolute atomic E-state index is 0.173. The number of amides is 2. The molecule has 0 saturated heterocycles. The molecule has 0 unspecified atom stereocenters. The number of nitrogens with one attached hydrogen (secondary N) is 2. The van der Waals surface area contributed by atoms with E-state index < -0.39 is 0 Å². The average Bonchev–Trinajstić information content (AvgIpc) is 2.59. The van der Waals surface area contributed by atoms with Gasteiger partial charge in [-0.05, 0) is 42.5 Å². The summed E-state index contributed by atoms with van der Waals surface area (Å²) in [4.78, 5) is 23.9. The zero-order valence-electron chi connectivity index (χ0n) is 12.6. The van der Waals surface area contributed by atoms with E-state index in [1.807, 2.05) is 0 Å². The van der Waals surface area contributed by atoms with Crippen LogP contribution in [0, 0.1) is 0 Å². The van der Waals surface area contributed by atoms with Gasteiger partial charge in [-0.1, -0.05) is 22.0 Å². The predicted octanol–water partition coefficient (Wildman–Crippen LogP) is 2.62. The van der Waals surface area contributed by atoms with Crippen LogP contribution in [0.4, 0.5) is 0 Å². The van der Waals surface area contributed by atoms with Crippen molar-refractivity contribution < 1.29 is 14.3 Å². The van der Waals surface area contributed by atoms with Gasteiger partial charge < -0.3 is 15.4 Å². The number of methoxy groups -OCH3 is 1. The molecular formula is C17H17BrN2O3. The molecule has 2 aromatic rings. The van der Waals surface area contributed by atoms with E-state index in [1.165, 1.54) is 0 Å². The van der Waals surface area contributed by atoms with Crippen LogP contribution < -0.4 is 15.4 Å². The van der Waals surface area contributed by atoms with Crippen LogP contribution in [0.3, 0.4) is 0 Å². The molecule has 0 aliphatic carbocycles. The first-order chi connectivity index (χ1) is 11.1. The number of ether oxygens (including phenoxy) is 1. The molecule has 2 aromatic carbocycles. The highest BCUT2D eigenvalue weighted by Gasteiger charge is 2.07. The molecule has 0 aliphatic rings. The second kappa shape index (κ2) is 8.33. The number of halogens is 1. The Morgan fingerprint density at radius 3 is 2.17 bits per heavy atom. The Labute approximate surface area is 143 Å².